The first-order chi connectivity index (χ1) is 9.61. The van der Waals surface area contributed by atoms with E-state index in [1.807, 2.05) is 22.4 Å². The maximum atomic E-state index is 12.4. The number of halogens is 1. The lowest BCUT2D eigenvalue weighted by Gasteiger charge is -2.21. The smallest absolute Gasteiger partial charge is 0.276 e. The van der Waals surface area contributed by atoms with Crippen molar-refractivity contribution in [3.8, 4) is 10.6 Å². The number of nitrogens with two attached hydrogens (primary N) is 1. The molecule has 5 nitrogen and oxygen atoms in total. The first-order valence-corrected chi connectivity index (χ1v) is 7.49. The summed E-state index contributed by atoms with van der Waals surface area (Å²) in [5, 5.41) is 5.86. The normalized spacial score (nSPS) is 21.3. The molecule has 2 aromatic heterocycles. The molecule has 0 radical (unpaired) electrons. The van der Waals surface area contributed by atoms with Crippen LogP contribution in [0.1, 0.15) is 23.8 Å². The first-order valence-electron chi connectivity index (χ1n) is 6.61. The number of carbonyl (C=O) groups excluding carboxylic acids is 1. The summed E-state index contributed by atoms with van der Waals surface area (Å²) in [6.07, 6.45) is 0.935. The molecule has 1 saturated heterocycles. The molecule has 1 atom stereocenters. The zero-order valence-corrected chi connectivity index (χ0v) is 13.4. The number of thiophene rings is 1. The van der Waals surface area contributed by atoms with Gasteiger partial charge in [-0.1, -0.05) is 18.1 Å². The van der Waals surface area contributed by atoms with Gasteiger partial charge in [0.1, 0.15) is 0 Å². The minimum Gasteiger partial charge on any atom is -0.355 e. The number of hydrogen-bond acceptors (Lipinski definition) is 5. The predicted molar refractivity (Wildman–Crippen MR) is 84.7 cm³/mol. The highest BCUT2D eigenvalue weighted by atomic mass is 35.5. The average molecular weight is 328 g/mol. The molecule has 7 heteroatoms. The van der Waals surface area contributed by atoms with Crippen LogP contribution >= 0.6 is 23.7 Å². The molecule has 21 heavy (non-hydrogen) atoms. The quantitative estimate of drug-likeness (QED) is 0.940. The largest absolute Gasteiger partial charge is 0.355 e. The average Bonchev–Trinajstić information content (AvgIpc) is 3.18. The van der Waals surface area contributed by atoms with Crippen LogP contribution in [0.3, 0.4) is 0 Å². The Bertz CT molecular complexity index is 614. The zero-order chi connectivity index (χ0) is 14.2. The molecule has 1 aliphatic rings. The van der Waals surface area contributed by atoms with E-state index < -0.39 is 0 Å². The van der Waals surface area contributed by atoms with Crippen molar-refractivity contribution < 1.29 is 9.32 Å². The second-order valence-corrected chi connectivity index (χ2v) is 6.49. The van der Waals surface area contributed by atoms with Gasteiger partial charge in [0.05, 0.1) is 4.88 Å². The molecule has 3 heterocycles. The molecule has 2 N–H and O–H groups in total. The van der Waals surface area contributed by atoms with E-state index in [1.165, 1.54) is 0 Å². The minimum atomic E-state index is -0.0752. The second-order valence-electron chi connectivity index (χ2n) is 5.55. The summed E-state index contributed by atoms with van der Waals surface area (Å²) in [7, 11) is 0. The van der Waals surface area contributed by atoms with Crippen molar-refractivity contribution in [1.82, 2.24) is 10.1 Å². The van der Waals surface area contributed by atoms with Crippen LogP contribution in [0.2, 0.25) is 0 Å². The lowest BCUT2D eigenvalue weighted by Crippen LogP contribution is -2.34. The zero-order valence-electron chi connectivity index (χ0n) is 11.7. The van der Waals surface area contributed by atoms with Gasteiger partial charge in [-0.2, -0.15) is 0 Å². The van der Waals surface area contributed by atoms with Crippen LogP contribution in [-0.4, -0.2) is 35.6 Å². The molecule has 1 fully saturated rings. The van der Waals surface area contributed by atoms with E-state index in [-0.39, 0.29) is 23.7 Å². The highest BCUT2D eigenvalue weighted by Crippen LogP contribution is 2.30. The summed E-state index contributed by atoms with van der Waals surface area (Å²) in [4.78, 5) is 15.2. The Labute approximate surface area is 133 Å². The minimum absolute atomic E-state index is 0. The highest BCUT2D eigenvalue weighted by molar-refractivity contribution is 7.13. The number of rotatable bonds is 3. The maximum absolute atomic E-state index is 12.4. The topological polar surface area (TPSA) is 72.4 Å². The Hall–Kier alpha value is -1.37. The van der Waals surface area contributed by atoms with Crippen LogP contribution in [0.25, 0.3) is 10.6 Å². The van der Waals surface area contributed by atoms with Gasteiger partial charge in [0.2, 0.25) is 0 Å². The van der Waals surface area contributed by atoms with Crippen molar-refractivity contribution in [2.24, 2.45) is 11.1 Å². The van der Waals surface area contributed by atoms with Crippen molar-refractivity contribution in [2.45, 2.75) is 13.3 Å². The molecule has 3 rings (SSSR count). The van der Waals surface area contributed by atoms with Crippen LogP contribution in [0.4, 0.5) is 0 Å². The summed E-state index contributed by atoms with van der Waals surface area (Å²) in [5.74, 6) is 0.567. The highest BCUT2D eigenvalue weighted by Gasteiger charge is 2.36. The number of amides is 1. The van der Waals surface area contributed by atoms with Crippen molar-refractivity contribution >= 4 is 29.7 Å². The van der Waals surface area contributed by atoms with Crippen LogP contribution < -0.4 is 5.73 Å². The van der Waals surface area contributed by atoms with Crippen molar-refractivity contribution in [1.29, 1.82) is 0 Å². The van der Waals surface area contributed by atoms with Gasteiger partial charge in [-0.05, 0) is 29.8 Å². The Morgan fingerprint density at radius 1 is 1.62 bits per heavy atom. The molecule has 0 aliphatic carbocycles. The van der Waals surface area contributed by atoms with E-state index >= 15 is 0 Å². The Morgan fingerprint density at radius 3 is 3.05 bits per heavy atom. The molecule has 0 bridgehead atoms. The molecular formula is C14H18ClN3O2S. The molecule has 114 valence electrons. The number of aromatic nitrogens is 1. The molecule has 0 spiro atoms. The first kappa shape index (κ1) is 16.0. The van der Waals surface area contributed by atoms with Crippen molar-refractivity contribution in [2.75, 3.05) is 19.6 Å². The van der Waals surface area contributed by atoms with Crippen LogP contribution in [-0.2, 0) is 0 Å². The van der Waals surface area contributed by atoms with E-state index in [2.05, 4.69) is 12.1 Å². The van der Waals surface area contributed by atoms with Crippen molar-refractivity contribution in [3.63, 3.8) is 0 Å². The van der Waals surface area contributed by atoms with Gasteiger partial charge in [0.25, 0.3) is 5.91 Å². The van der Waals surface area contributed by atoms with Crippen LogP contribution in [0, 0.1) is 5.41 Å². The van der Waals surface area contributed by atoms with Gasteiger partial charge in [0.15, 0.2) is 11.5 Å². The van der Waals surface area contributed by atoms with Gasteiger partial charge in [-0.3, -0.25) is 4.79 Å². The van der Waals surface area contributed by atoms with Crippen LogP contribution in [0.15, 0.2) is 28.1 Å². The standard InChI is InChI=1S/C14H17N3O2S.ClH/c1-14(8-15)4-5-17(9-14)13(18)10-7-11(19-16-10)12-3-2-6-20-12;/h2-3,6-7H,4-5,8-9,15H2,1H3;1H. The predicted octanol–water partition coefficient (Wildman–Crippen LogP) is 2.64. The third-order valence-corrected chi connectivity index (χ3v) is 4.72. The SMILES string of the molecule is CC1(CN)CCN(C(=O)c2cc(-c3cccs3)on2)C1.Cl. The lowest BCUT2D eigenvalue weighted by atomic mass is 9.90. The molecule has 0 aromatic carbocycles. The molecule has 1 amide bonds. The van der Waals surface area contributed by atoms with Gasteiger partial charge >= 0.3 is 0 Å². The summed E-state index contributed by atoms with van der Waals surface area (Å²) in [6, 6.07) is 5.60. The fraction of sp³-hybridized carbons (Fsp3) is 0.429. The monoisotopic (exact) mass is 327 g/mol. The molecule has 2 aromatic rings. The van der Waals surface area contributed by atoms with E-state index in [0.717, 1.165) is 17.8 Å². The summed E-state index contributed by atoms with van der Waals surface area (Å²) in [6.45, 7) is 4.12. The third kappa shape index (κ3) is 3.12. The van der Waals surface area contributed by atoms with E-state index in [0.29, 0.717) is 24.5 Å². The fourth-order valence-electron chi connectivity index (χ4n) is 2.44. The molecule has 1 unspecified atom stereocenters. The number of nitrogens with zero attached hydrogens (tertiary/aromatic N) is 2. The van der Waals surface area contributed by atoms with Gasteiger partial charge in [-0.15, -0.1) is 23.7 Å². The Balaban J connectivity index is 0.00000161. The number of likely N-dealkylation sites (tertiary alicyclic amines) is 1. The second kappa shape index (κ2) is 6.17. The third-order valence-electron chi connectivity index (χ3n) is 3.83. The molecule has 1 aliphatic heterocycles. The van der Waals surface area contributed by atoms with Gasteiger partial charge in [0, 0.05) is 19.2 Å². The van der Waals surface area contributed by atoms with Crippen LogP contribution in [0.5, 0.6) is 0 Å². The van der Waals surface area contributed by atoms with E-state index in [1.54, 1.807) is 17.4 Å². The lowest BCUT2D eigenvalue weighted by molar-refractivity contribution is 0.0766. The van der Waals surface area contributed by atoms with Gasteiger partial charge < -0.3 is 15.2 Å². The fourth-order valence-corrected chi connectivity index (χ4v) is 3.11. The van der Waals surface area contributed by atoms with E-state index in [4.69, 9.17) is 10.3 Å². The summed E-state index contributed by atoms with van der Waals surface area (Å²) < 4.78 is 5.26. The molecular weight excluding hydrogens is 310 g/mol. The molecule has 0 saturated carbocycles. The van der Waals surface area contributed by atoms with Crippen molar-refractivity contribution in [3.05, 3.63) is 29.3 Å². The maximum Gasteiger partial charge on any atom is 0.276 e. The number of carbonyl (C=O) groups is 1. The van der Waals surface area contributed by atoms with E-state index in [9.17, 15) is 4.79 Å². The number of hydrogen-bond donors (Lipinski definition) is 1. The Morgan fingerprint density at radius 2 is 2.43 bits per heavy atom. The van der Waals surface area contributed by atoms with Gasteiger partial charge in [-0.25, -0.2) is 0 Å². The summed E-state index contributed by atoms with van der Waals surface area (Å²) in [5.41, 5.74) is 6.16. The Kier molecular flexibility index (Phi) is 4.70. The summed E-state index contributed by atoms with van der Waals surface area (Å²) >= 11 is 1.56.